The van der Waals surface area contributed by atoms with Gasteiger partial charge in [-0.2, -0.15) is 0 Å². The Morgan fingerprint density at radius 2 is 1.90 bits per heavy atom. The van der Waals surface area contributed by atoms with Crippen molar-refractivity contribution >= 4 is 45.2 Å². The Balaban J connectivity index is 2.03. The smallest absolute Gasteiger partial charge is 0.248 e. The third kappa shape index (κ3) is 4.18. The van der Waals surface area contributed by atoms with Gasteiger partial charge in [0.1, 0.15) is 5.82 Å². The molecule has 102 valence electrons. The van der Waals surface area contributed by atoms with Crippen molar-refractivity contribution < 1.29 is 9.18 Å². The SMILES string of the molecule is O=C(/C=C/c1ccc(Br)cc1F)Nc1ccc(Cl)cc1. The number of hydrogen-bond donors (Lipinski definition) is 1. The van der Waals surface area contributed by atoms with E-state index in [0.717, 1.165) is 0 Å². The van der Waals surface area contributed by atoms with Crippen molar-refractivity contribution in [1.82, 2.24) is 0 Å². The summed E-state index contributed by atoms with van der Waals surface area (Å²) < 4.78 is 14.2. The molecule has 1 N–H and O–H groups in total. The van der Waals surface area contributed by atoms with Crippen LogP contribution in [0.25, 0.3) is 6.08 Å². The van der Waals surface area contributed by atoms with E-state index in [4.69, 9.17) is 11.6 Å². The van der Waals surface area contributed by atoms with E-state index in [1.807, 2.05) is 0 Å². The highest BCUT2D eigenvalue weighted by atomic mass is 79.9. The highest BCUT2D eigenvalue weighted by Gasteiger charge is 2.01. The van der Waals surface area contributed by atoms with Crippen molar-refractivity contribution in [1.29, 1.82) is 0 Å². The molecule has 20 heavy (non-hydrogen) atoms. The van der Waals surface area contributed by atoms with E-state index in [9.17, 15) is 9.18 Å². The monoisotopic (exact) mass is 353 g/mol. The summed E-state index contributed by atoms with van der Waals surface area (Å²) >= 11 is 8.92. The van der Waals surface area contributed by atoms with Gasteiger partial charge >= 0.3 is 0 Å². The minimum absolute atomic E-state index is 0.338. The van der Waals surface area contributed by atoms with Gasteiger partial charge in [0.2, 0.25) is 5.91 Å². The molecule has 0 spiro atoms. The molecular formula is C15H10BrClFNO. The number of nitrogens with one attached hydrogen (secondary N) is 1. The number of rotatable bonds is 3. The van der Waals surface area contributed by atoms with Crippen LogP contribution in [0.1, 0.15) is 5.56 Å². The molecule has 0 aliphatic carbocycles. The quantitative estimate of drug-likeness (QED) is 0.781. The van der Waals surface area contributed by atoms with Crippen LogP contribution in [0.15, 0.2) is 53.0 Å². The Morgan fingerprint density at radius 1 is 1.20 bits per heavy atom. The first-order chi connectivity index (χ1) is 9.54. The molecule has 0 bridgehead atoms. The predicted molar refractivity (Wildman–Crippen MR) is 83.2 cm³/mol. The van der Waals surface area contributed by atoms with Crippen LogP contribution >= 0.6 is 27.5 Å². The molecule has 0 saturated carbocycles. The Labute approximate surface area is 129 Å². The summed E-state index contributed by atoms with van der Waals surface area (Å²) in [4.78, 5) is 11.7. The number of carbonyl (C=O) groups is 1. The summed E-state index contributed by atoms with van der Waals surface area (Å²) in [5.41, 5.74) is 0.972. The Morgan fingerprint density at radius 3 is 2.55 bits per heavy atom. The lowest BCUT2D eigenvalue weighted by Gasteiger charge is -2.02. The third-order valence-electron chi connectivity index (χ3n) is 2.49. The summed E-state index contributed by atoms with van der Waals surface area (Å²) in [5.74, 6) is -0.732. The van der Waals surface area contributed by atoms with Crippen LogP contribution in [0.3, 0.4) is 0 Å². The molecule has 2 nitrogen and oxygen atoms in total. The van der Waals surface area contributed by atoms with Crippen molar-refractivity contribution in [3.8, 4) is 0 Å². The average molecular weight is 355 g/mol. The fourth-order valence-electron chi connectivity index (χ4n) is 1.52. The van der Waals surface area contributed by atoms with Gasteiger partial charge in [-0.05, 0) is 42.5 Å². The highest BCUT2D eigenvalue weighted by Crippen LogP contribution is 2.17. The van der Waals surface area contributed by atoms with Crippen LogP contribution in [0.5, 0.6) is 0 Å². The Kier molecular flexibility index (Phi) is 4.93. The highest BCUT2D eigenvalue weighted by molar-refractivity contribution is 9.10. The number of anilines is 1. The van der Waals surface area contributed by atoms with E-state index in [1.165, 1.54) is 18.2 Å². The van der Waals surface area contributed by atoms with Crippen molar-refractivity contribution in [3.63, 3.8) is 0 Å². The molecule has 0 saturated heterocycles. The van der Waals surface area contributed by atoms with Gasteiger partial charge in [-0.15, -0.1) is 0 Å². The van der Waals surface area contributed by atoms with Crippen molar-refractivity contribution in [2.45, 2.75) is 0 Å². The molecule has 0 fully saturated rings. The van der Waals surface area contributed by atoms with Gasteiger partial charge in [-0.25, -0.2) is 4.39 Å². The molecule has 5 heteroatoms. The van der Waals surface area contributed by atoms with Gasteiger partial charge in [0.05, 0.1) is 0 Å². The van der Waals surface area contributed by atoms with Crippen LogP contribution in [0.4, 0.5) is 10.1 Å². The van der Waals surface area contributed by atoms with E-state index in [-0.39, 0.29) is 5.91 Å². The predicted octanol–water partition coefficient (Wildman–Crippen LogP) is 4.89. The normalized spacial score (nSPS) is 10.8. The largest absolute Gasteiger partial charge is 0.323 e. The van der Waals surface area contributed by atoms with Crippen LogP contribution in [-0.2, 0) is 4.79 Å². The van der Waals surface area contributed by atoms with E-state index >= 15 is 0 Å². The third-order valence-corrected chi connectivity index (χ3v) is 3.23. The second-order valence-electron chi connectivity index (χ2n) is 4.00. The van der Waals surface area contributed by atoms with Gasteiger partial charge in [0, 0.05) is 26.8 Å². The molecule has 2 aromatic carbocycles. The van der Waals surface area contributed by atoms with Crippen LogP contribution in [-0.4, -0.2) is 5.91 Å². The molecule has 0 aliphatic rings. The number of halogens is 3. The second-order valence-corrected chi connectivity index (χ2v) is 5.35. The molecule has 0 heterocycles. The fraction of sp³-hybridized carbons (Fsp3) is 0. The number of amides is 1. The van der Waals surface area contributed by atoms with Crippen molar-refractivity contribution in [2.24, 2.45) is 0 Å². The molecular weight excluding hydrogens is 345 g/mol. The van der Waals surface area contributed by atoms with Gasteiger partial charge in [0.25, 0.3) is 0 Å². The lowest BCUT2D eigenvalue weighted by Crippen LogP contribution is -2.07. The molecule has 0 aromatic heterocycles. The lowest BCUT2D eigenvalue weighted by molar-refractivity contribution is -0.111. The summed E-state index contributed by atoms with van der Waals surface area (Å²) in [6, 6.07) is 11.4. The zero-order valence-corrected chi connectivity index (χ0v) is 12.6. The zero-order chi connectivity index (χ0) is 14.5. The van der Waals surface area contributed by atoms with Gasteiger partial charge in [-0.1, -0.05) is 33.6 Å². The zero-order valence-electron chi connectivity index (χ0n) is 10.2. The lowest BCUT2D eigenvalue weighted by atomic mass is 10.2. The summed E-state index contributed by atoms with van der Waals surface area (Å²) in [6.07, 6.45) is 2.70. The van der Waals surface area contributed by atoms with Gasteiger partial charge in [0.15, 0.2) is 0 Å². The molecule has 1 amide bonds. The van der Waals surface area contributed by atoms with E-state index in [1.54, 1.807) is 36.4 Å². The van der Waals surface area contributed by atoms with Crippen molar-refractivity contribution in [2.75, 3.05) is 5.32 Å². The Hall–Kier alpha value is -1.65. The maximum atomic E-state index is 13.5. The van der Waals surface area contributed by atoms with Crippen molar-refractivity contribution in [3.05, 3.63) is 69.4 Å². The van der Waals surface area contributed by atoms with Gasteiger partial charge in [-0.3, -0.25) is 4.79 Å². The first-order valence-corrected chi connectivity index (χ1v) is 6.91. The molecule has 0 aliphatic heterocycles. The molecule has 0 radical (unpaired) electrons. The maximum absolute atomic E-state index is 13.5. The molecule has 0 atom stereocenters. The summed E-state index contributed by atoms with van der Waals surface area (Å²) in [6.45, 7) is 0. The number of hydrogen-bond acceptors (Lipinski definition) is 1. The van der Waals surface area contributed by atoms with Crippen LogP contribution in [0.2, 0.25) is 5.02 Å². The summed E-state index contributed by atoms with van der Waals surface area (Å²) in [7, 11) is 0. The van der Waals surface area contributed by atoms with E-state index in [2.05, 4.69) is 21.2 Å². The molecule has 2 aromatic rings. The molecule has 2 rings (SSSR count). The minimum Gasteiger partial charge on any atom is -0.323 e. The van der Waals surface area contributed by atoms with E-state index < -0.39 is 5.82 Å². The molecule has 0 unspecified atom stereocenters. The van der Waals surface area contributed by atoms with E-state index in [0.29, 0.717) is 20.7 Å². The summed E-state index contributed by atoms with van der Waals surface area (Å²) in [5, 5.41) is 3.25. The number of benzene rings is 2. The first kappa shape index (κ1) is 14.8. The van der Waals surface area contributed by atoms with Crippen LogP contribution in [0, 0.1) is 5.82 Å². The second kappa shape index (κ2) is 6.68. The average Bonchev–Trinajstić information content (AvgIpc) is 2.40. The standard InChI is InChI=1S/C15H10BrClFNO/c16-11-3-1-10(14(18)9-11)2-8-15(20)19-13-6-4-12(17)5-7-13/h1-9H,(H,19,20)/b8-2+. The minimum atomic E-state index is -0.394. The first-order valence-electron chi connectivity index (χ1n) is 5.74. The van der Waals surface area contributed by atoms with Gasteiger partial charge < -0.3 is 5.32 Å². The van der Waals surface area contributed by atoms with Crippen LogP contribution < -0.4 is 5.32 Å². The Bertz CT molecular complexity index is 655. The number of carbonyl (C=O) groups excluding carboxylic acids is 1. The maximum Gasteiger partial charge on any atom is 0.248 e. The fourth-order valence-corrected chi connectivity index (χ4v) is 1.98. The topological polar surface area (TPSA) is 29.1 Å².